The van der Waals surface area contributed by atoms with Crippen LogP contribution < -0.4 is 14.8 Å². The van der Waals surface area contributed by atoms with E-state index in [-0.39, 0.29) is 6.10 Å². The summed E-state index contributed by atoms with van der Waals surface area (Å²) in [6.07, 6.45) is 0.0145. The molecule has 1 fully saturated rings. The Bertz CT molecular complexity index is 392. The van der Waals surface area contributed by atoms with Crippen molar-refractivity contribution < 1.29 is 14.2 Å². The highest BCUT2D eigenvalue weighted by molar-refractivity contribution is 9.10. The first-order valence-electron chi connectivity index (χ1n) is 5.50. The number of hydrogen-bond acceptors (Lipinski definition) is 4. The molecule has 1 N–H and O–H groups in total. The minimum absolute atomic E-state index is 0.0145. The maximum absolute atomic E-state index is 5.73. The summed E-state index contributed by atoms with van der Waals surface area (Å²) in [5.74, 6) is 1.44. The van der Waals surface area contributed by atoms with E-state index in [4.69, 9.17) is 14.2 Å². The number of halogens is 1. The van der Waals surface area contributed by atoms with E-state index in [1.807, 2.05) is 12.1 Å². The van der Waals surface area contributed by atoms with Gasteiger partial charge in [0.1, 0.15) is 0 Å². The SMILES string of the molecule is COc1c(Br)ccc(C2CNCCO2)c1OC. The van der Waals surface area contributed by atoms with Crippen molar-refractivity contribution in [2.24, 2.45) is 0 Å². The van der Waals surface area contributed by atoms with Gasteiger partial charge < -0.3 is 19.5 Å². The first-order chi connectivity index (χ1) is 8.27. The lowest BCUT2D eigenvalue weighted by atomic mass is 10.1. The first kappa shape index (κ1) is 12.7. The zero-order chi connectivity index (χ0) is 12.3. The van der Waals surface area contributed by atoms with Crippen molar-refractivity contribution in [3.63, 3.8) is 0 Å². The van der Waals surface area contributed by atoms with Crippen molar-refractivity contribution in [1.82, 2.24) is 5.32 Å². The van der Waals surface area contributed by atoms with Gasteiger partial charge in [-0.15, -0.1) is 0 Å². The van der Waals surface area contributed by atoms with Gasteiger partial charge in [0.15, 0.2) is 11.5 Å². The molecule has 0 aromatic heterocycles. The average Bonchev–Trinajstić information content (AvgIpc) is 2.39. The summed E-state index contributed by atoms with van der Waals surface area (Å²) in [6, 6.07) is 3.96. The molecule has 1 aromatic rings. The van der Waals surface area contributed by atoms with Gasteiger partial charge in [0.25, 0.3) is 0 Å². The molecule has 1 heterocycles. The van der Waals surface area contributed by atoms with E-state index in [9.17, 15) is 0 Å². The smallest absolute Gasteiger partial charge is 0.175 e. The topological polar surface area (TPSA) is 39.7 Å². The number of methoxy groups -OCH3 is 2. The van der Waals surface area contributed by atoms with Crippen molar-refractivity contribution in [2.75, 3.05) is 33.9 Å². The summed E-state index contributed by atoms with van der Waals surface area (Å²) in [4.78, 5) is 0. The Balaban J connectivity index is 2.38. The molecule has 0 spiro atoms. The van der Waals surface area contributed by atoms with Crippen molar-refractivity contribution in [2.45, 2.75) is 6.10 Å². The Kier molecular flexibility index (Phi) is 4.25. The van der Waals surface area contributed by atoms with Crippen LogP contribution in [0.3, 0.4) is 0 Å². The van der Waals surface area contributed by atoms with Crippen molar-refractivity contribution in [1.29, 1.82) is 0 Å². The van der Waals surface area contributed by atoms with Crippen LogP contribution in [0.2, 0.25) is 0 Å². The lowest BCUT2D eigenvalue weighted by Gasteiger charge is -2.26. The van der Waals surface area contributed by atoms with Crippen LogP contribution in [-0.2, 0) is 4.74 Å². The molecule has 0 radical (unpaired) electrons. The maximum atomic E-state index is 5.73. The quantitative estimate of drug-likeness (QED) is 0.928. The second kappa shape index (κ2) is 5.71. The summed E-state index contributed by atoms with van der Waals surface area (Å²) in [6.45, 7) is 2.40. The fourth-order valence-electron chi connectivity index (χ4n) is 1.97. The summed E-state index contributed by atoms with van der Waals surface area (Å²) in [7, 11) is 3.27. The Hall–Kier alpha value is -0.780. The monoisotopic (exact) mass is 301 g/mol. The van der Waals surface area contributed by atoms with Crippen molar-refractivity contribution in [3.05, 3.63) is 22.2 Å². The Morgan fingerprint density at radius 3 is 2.65 bits per heavy atom. The van der Waals surface area contributed by atoms with Crippen LogP contribution in [0.4, 0.5) is 0 Å². The number of morpholine rings is 1. The van der Waals surface area contributed by atoms with Gasteiger partial charge in [-0.3, -0.25) is 0 Å². The fraction of sp³-hybridized carbons (Fsp3) is 0.500. The second-order valence-corrected chi connectivity index (χ2v) is 4.62. The predicted molar refractivity (Wildman–Crippen MR) is 68.8 cm³/mol. The van der Waals surface area contributed by atoms with E-state index in [2.05, 4.69) is 21.2 Å². The number of nitrogens with one attached hydrogen (secondary N) is 1. The minimum atomic E-state index is 0.0145. The van der Waals surface area contributed by atoms with Crippen LogP contribution in [0.15, 0.2) is 16.6 Å². The van der Waals surface area contributed by atoms with E-state index < -0.39 is 0 Å². The highest BCUT2D eigenvalue weighted by Crippen LogP contribution is 2.41. The van der Waals surface area contributed by atoms with Gasteiger partial charge >= 0.3 is 0 Å². The van der Waals surface area contributed by atoms with Gasteiger partial charge in [0.2, 0.25) is 0 Å². The summed E-state index contributed by atoms with van der Waals surface area (Å²) < 4.78 is 17.4. The van der Waals surface area contributed by atoms with Crippen molar-refractivity contribution in [3.8, 4) is 11.5 Å². The van der Waals surface area contributed by atoms with E-state index in [1.165, 1.54) is 0 Å². The number of hydrogen-bond donors (Lipinski definition) is 1. The molecule has 0 amide bonds. The molecule has 1 atom stereocenters. The third-order valence-electron chi connectivity index (χ3n) is 2.78. The van der Waals surface area contributed by atoms with Crippen LogP contribution >= 0.6 is 15.9 Å². The zero-order valence-corrected chi connectivity index (χ0v) is 11.5. The lowest BCUT2D eigenvalue weighted by molar-refractivity contribution is 0.0260. The molecule has 94 valence electrons. The lowest BCUT2D eigenvalue weighted by Crippen LogP contribution is -2.33. The molecule has 4 nitrogen and oxygen atoms in total. The molecule has 1 unspecified atom stereocenters. The largest absolute Gasteiger partial charge is 0.492 e. The van der Waals surface area contributed by atoms with E-state index >= 15 is 0 Å². The molecule has 1 aromatic carbocycles. The Labute approximate surface area is 109 Å². The molecule has 17 heavy (non-hydrogen) atoms. The fourth-order valence-corrected chi connectivity index (χ4v) is 2.45. The van der Waals surface area contributed by atoms with Crippen LogP contribution in [0.1, 0.15) is 11.7 Å². The van der Waals surface area contributed by atoms with E-state index in [0.717, 1.165) is 28.9 Å². The molecule has 5 heteroatoms. The molecular formula is C12H16BrNO3. The summed E-state index contributed by atoms with van der Waals surface area (Å²) >= 11 is 3.44. The minimum Gasteiger partial charge on any atom is -0.492 e. The van der Waals surface area contributed by atoms with Gasteiger partial charge in [-0.05, 0) is 22.0 Å². The Morgan fingerprint density at radius 2 is 2.06 bits per heavy atom. The van der Waals surface area contributed by atoms with Crippen molar-refractivity contribution >= 4 is 15.9 Å². The van der Waals surface area contributed by atoms with Gasteiger partial charge in [-0.25, -0.2) is 0 Å². The van der Waals surface area contributed by atoms with Gasteiger partial charge in [0.05, 0.1) is 31.4 Å². The first-order valence-corrected chi connectivity index (χ1v) is 6.30. The second-order valence-electron chi connectivity index (χ2n) is 3.77. The van der Waals surface area contributed by atoms with E-state index in [0.29, 0.717) is 12.4 Å². The number of ether oxygens (including phenoxy) is 3. The zero-order valence-electron chi connectivity index (χ0n) is 9.96. The van der Waals surface area contributed by atoms with Crippen LogP contribution in [-0.4, -0.2) is 33.9 Å². The molecule has 0 saturated carbocycles. The third-order valence-corrected chi connectivity index (χ3v) is 3.40. The van der Waals surface area contributed by atoms with Crippen LogP contribution in [0.5, 0.6) is 11.5 Å². The van der Waals surface area contributed by atoms with Gasteiger partial charge in [0, 0.05) is 18.7 Å². The molecule has 1 aliphatic rings. The highest BCUT2D eigenvalue weighted by atomic mass is 79.9. The van der Waals surface area contributed by atoms with Crippen LogP contribution in [0, 0.1) is 0 Å². The average molecular weight is 302 g/mol. The standard InChI is InChI=1S/C12H16BrNO3/c1-15-11-8(10-7-14-5-6-17-10)3-4-9(13)12(11)16-2/h3-4,10,14H,5-7H2,1-2H3. The summed E-state index contributed by atoms with van der Waals surface area (Å²) in [5.41, 5.74) is 1.01. The molecule has 0 aliphatic carbocycles. The third kappa shape index (κ3) is 2.56. The Morgan fingerprint density at radius 1 is 1.29 bits per heavy atom. The predicted octanol–water partition coefficient (Wildman–Crippen LogP) is 2.13. The molecule has 1 aliphatic heterocycles. The maximum Gasteiger partial charge on any atom is 0.175 e. The molecule has 1 saturated heterocycles. The highest BCUT2D eigenvalue weighted by Gasteiger charge is 2.23. The van der Waals surface area contributed by atoms with Crippen LogP contribution in [0.25, 0.3) is 0 Å². The van der Waals surface area contributed by atoms with E-state index in [1.54, 1.807) is 14.2 Å². The molecule has 2 rings (SSSR count). The number of benzene rings is 1. The number of rotatable bonds is 3. The summed E-state index contributed by atoms with van der Waals surface area (Å²) in [5, 5.41) is 3.30. The van der Waals surface area contributed by atoms with Gasteiger partial charge in [-0.2, -0.15) is 0 Å². The molecule has 0 bridgehead atoms. The molecular weight excluding hydrogens is 286 g/mol. The normalized spacial score (nSPS) is 20.1. The van der Waals surface area contributed by atoms with Gasteiger partial charge in [-0.1, -0.05) is 6.07 Å².